The Balaban J connectivity index is 1.58. The van der Waals surface area contributed by atoms with E-state index in [1.807, 2.05) is 6.92 Å². The summed E-state index contributed by atoms with van der Waals surface area (Å²) in [6.45, 7) is 2.95. The van der Waals surface area contributed by atoms with Crippen LogP contribution in [0, 0.1) is 11.3 Å². The second-order valence-corrected chi connectivity index (χ2v) is 7.23. The van der Waals surface area contributed by atoms with E-state index in [4.69, 9.17) is 0 Å². The summed E-state index contributed by atoms with van der Waals surface area (Å²) in [5.41, 5.74) is 1.73. The van der Waals surface area contributed by atoms with Crippen LogP contribution < -0.4 is 5.32 Å². The number of rotatable bonds is 4. The Kier molecular flexibility index (Phi) is 2.55. The summed E-state index contributed by atoms with van der Waals surface area (Å²) >= 11 is 1.71. The lowest BCUT2D eigenvalue weighted by molar-refractivity contribution is -0.130. The average molecular weight is 276 g/mol. The summed E-state index contributed by atoms with van der Waals surface area (Å²) in [6.07, 6.45) is 5.52. The van der Waals surface area contributed by atoms with Crippen molar-refractivity contribution in [1.82, 2.24) is 10.2 Å². The van der Waals surface area contributed by atoms with Crippen LogP contribution in [-0.2, 0) is 4.79 Å². The Morgan fingerprint density at radius 3 is 2.84 bits per heavy atom. The summed E-state index contributed by atoms with van der Waals surface area (Å²) in [5, 5.41) is 7.70. The smallest absolute Gasteiger partial charge is 0.241 e. The number of thiophene rings is 1. The van der Waals surface area contributed by atoms with E-state index in [-0.39, 0.29) is 18.1 Å². The van der Waals surface area contributed by atoms with E-state index in [2.05, 4.69) is 27.0 Å². The van der Waals surface area contributed by atoms with Crippen molar-refractivity contribution in [1.29, 1.82) is 0 Å². The molecule has 1 aromatic rings. The molecule has 0 bridgehead atoms. The normalized spacial score (nSPS) is 32.9. The molecule has 1 N–H and O–H groups in total. The topological polar surface area (TPSA) is 32.3 Å². The molecule has 2 heterocycles. The van der Waals surface area contributed by atoms with Crippen molar-refractivity contribution in [2.45, 2.75) is 44.8 Å². The van der Waals surface area contributed by atoms with Gasteiger partial charge in [0.2, 0.25) is 5.91 Å². The van der Waals surface area contributed by atoms with Crippen LogP contribution in [0.1, 0.15) is 44.3 Å². The van der Waals surface area contributed by atoms with Crippen molar-refractivity contribution in [3.63, 3.8) is 0 Å². The van der Waals surface area contributed by atoms with E-state index in [1.165, 1.54) is 31.2 Å². The van der Waals surface area contributed by atoms with E-state index >= 15 is 0 Å². The molecule has 1 aromatic heterocycles. The standard InChI is InChI=1S/C15H20N2OS/c1-10-14(18)17(9-15(5-6-15)12-2-3-12)13(16-10)11-4-7-19-8-11/h4,7-8,10,12-13,16H,2-3,5-6,9H2,1H3. The van der Waals surface area contributed by atoms with Gasteiger partial charge in [0.15, 0.2) is 0 Å². The zero-order valence-corrected chi connectivity index (χ0v) is 12.1. The zero-order chi connectivity index (χ0) is 13.0. The number of amides is 1. The fourth-order valence-corrected chi connectivity index (χ4v) is 4.22. The SMILES string of the molecule is CC1NC(c2ccsc2)N(CC2(C3CC3)CC2)C1=O. The van der Waals surface area contributed by atoms with Crippen LogP contribution in [0.4, 0.5) is 0 Å². The van der Waals surface area contributed by atoms with Gasteiger partial charge < -0.3 is 4.90 Å². The summed E-state index contributed by atoms with van der Waals surface area (Å²) in [5.74, 6) is 1.18. The number of carbonyl (C=O) groups excluding carboxylic acids is 1. The maximum atomic E-state index is 12.4. The number of hydrogen-bond donors (Lipinski definition) is 1. The molecule has 4 heteroatoms. The van der Waals surface area contributed by atoms with Crippen molar-refractivity contribution in [3.05, 3.63) is 22.4 Å². The van der Waals surface area contributed by atoms with Gasteiger partial charge in [0.25, 0.3) is 0 Å². The monoisotopic (exact) mass is 276 g/mol. The molecule has 19 heavy (non-hydrogen) atoms. The average Bonchev–Trinajstić information content (AvgIpc) is 3.30. The van der Waals surface area contributed by atoms with E-state index in [0.29, 0.717) is 5.41 Å². The maximum absolute atomic E-state index is 12.4. The van der Waals surface area contributed by atoms with Crippen LogP contribution in [0.25, 0.3) is 0 Å². The maximum Gasteiger partial charge on any atom is 0.241 e. The summed E-state index contributed by atoms with van der Waals surface area (Å²) in [6, 6.07) is 2.09. The Labute approximate surface area is 118 Å². The molecule has 1 amide bonds. The van der Waals surface area contributed by atoms with Crippen LogP contribution in [0.3, 0.4) is 0 Å². The van der Waals surface area contributed by atoms with Crippen LogP contribution in [0.2, 0.25) is 0 Å². The molecule has 3 aliphatic rings. The first-order valence-electron chi connectivity index (χ1n) is 7.28. The first-order valence-corrected chi connectivity index (χ1v) is 8.22. The summed E-state index contributed by atoms with van der Waals surface area (Å²) in [7, 11) is 0. The molecule has 102 valence electrons. The molecule has 0 aromatic carbocycles. The van der Waals surface area contributed by atoms with Crippen molar-refractivity contribution < 1.29 is 4.79 Å². The third-order valence-electron chi connectivity index (χ3n) is 5.05. The largest absolute Gasteiger partial charge is 0.321 e. The van der Waals surface area contributed by atoms with Crippen molar-refractivity contribution in [2.24, 2.45) is 11.3 Å². The van der Waals surface area contributed by atoms with Crippen molar-refractivity contribution >= 4 is 17.2 Å². The number of carbonyl (C=O) groups is 1. The van der Waals surface area contributed by atoms with Gasteiger partial charge in [0, 0.05) is 6.54 Å². The Bertz CT molecular complexity index is 490. The predicted molar refractivity (Wildman–Crippen MR) is 75.8 cm³/mol. The van der Waals surface area contributed by atoms with E-state index < -0.39 is 0 Å². The van der Waals surface area contributed by atoms with Gasteiger partial charge in [-0.15, -0.1) is 0 Å². The van der Waals surface area contributed by atoms with Crippen LogP contribution in [-0.4, -0.2) is 23.4 Å². The number of nitrogens with zero attached hydrogens (tertiary/aromatic N) is 1. The third-order valence-corrected chi connectivity index (χ3v) is 5.75. The first kappa shape index (κ1) is 11.9. The quantitative estimate of drug-likeness (QED) is 0.917. The number of nitrogens with one attached hydrogen (secondary N) is 1. The fraction of sp³-hybridized carbons (Fsp3) is 0.667. The fourth-order valence-electron chi connectivity index (χ4n) is 3.54. The molecule has 2 aliphatic carbocycles. The Morgan fingerprint density at radius 2 is 2.26 bits per heavy atom. The zero-order valence-electron chi connectivity index (χ0n) is 11.3. The molecule has 2 unspecified atom stereocenters. The van der Waals surface area contributed by atoms with Gasteiger partial charge in [-0.3, -0.25) is 10.1 Å². The van der Waals surface area contributed by atoms with E-state index in [0.717, 1.165) is 12.5 Å². The predicted octanol–water partition coefficient (Wildman–Crippen LogP) is 2.76. The van der Waals surface area contributed by atoms with Crippen LogP contribution >= 0.6 is 11.3 Å². The molecule has 0 radical (unpaired) electrons. The number of hydrogen-bond acceptors (Lipinski definition) is 3. The lowest BCUT2D eigenvalue weighted by Gasteiger charge is -2.28. The molecular formula is C15H20N2OS. The third kappa shape index (κ3) is 1.93. The van der Waals surface area contributed by atoms with Gasteiger partial charge in [-0.2, -0.15) is 11.3 Å². The molecule has 2 atom stereocenters. The molecular weight excluding hydrogens is 256 g/mol. The molecule has 0 spiro atoms. The Hall–Kier alpha value is -0.870. The lowest BCUT2D eigenvalue weighted by atomic mass is 9.99. The highest BCUT2D eigenvalue weighted by molar-refractivity contribution is 7.07. The molecule has 2 saturated carbocycles. The highest BCUT2D eigenvalue weighted by Gasteiger charge is 2.56. The first-order chi connectivity index (χ1) is 9.20. The van der Waals surface area contributed by atoms with E-state index in [9.17, 15) is 4.79 Å². The molecule has 3 nitrogen and oxygen atoms in total. The van der Waals surface area contributed by atoms with Gasteiger partial charge in [-0.1, -0.05) is 0 Å². The van der Waals surface area contributed by atoms with Crippen LogP contribution in [0.5, 0.6) is 0 Å². The van der Waals surface area contributed by atoms with Gasteiger partial charge in [0.05, 0.1) is 6.04 Å². The van der Waals surface area contributed by atoms with Gasteiger partial charge in [0.1, 0.15) is 6.17 Å². The lowest BCUT2D eigenvalue weighted by Crippen LogP contribution is -2.36. The minimum Gasteiger partial charge on any atom is -0.321 e. The van der Waals surface area contributed by atoms with Gasteiger partial charge in [-0.05, 0) is 66.3 Å². The molecule has 1 aliphatic heterocycles. The minimum atomic E-state index is -0.0418. The molecule has 1 saturated heterocycles. The van der Waals surface area contributed by atoms with Crippen LogP contribution in [0.15, 0.2) is 16.8 Å². The minimum absolute atomic E-state index is 0.0418. The van der Waals surface area contributed by atoms with E-state index in [1.54, 1.807) is 11.3 Å². The molecule has 4 rings (SSSR count). The highest BCUT2D eigenvalue weighted by Crippen LogP contribution is 2.62. The second kappa shape index (κ2) is 4.06. The summed E-state index contributed by atoms with van der Waals surface area (Å²) in [4.78, 5) is 14.5. The van der Waals surface area contributed by atoms with Crippen molar-refractivity contribution in [3.8, 4) is 0 Å². The highest BCUT2D eigenvalue weighted by atomic mass is 32.1. The Morgan fingerprint density at radius 1 is 1.47 bits per heavy atom. The van der Waals surface area contributed by atoms with Gasteiger partial charge >= 0.3 is 0 Å². The molecule has 3 fully saturated rings. The van der Waals surface area contributed by atoms with Crippen molar-refractivity contribution in [2.75, 3.05) is 6.54 Å². The summed E-state index contributed by atoms with van der Waals surface area (Å²) < 4.78 is 0. The van der Waals surface area contributed by atoms with Gasteiger partial charge in [-0.25, -0.2) is 0 Å². The second-order valence-electron chi connectivity index (χ2n) is 6.45.